The molecule has 0 aromatic heterocycles. The van der Waals surface area contributed by atoms with Gasteiger partial charge in [-0.3, -0.25) is 0 Å². The lowest BCUT2D eigenvalue weighted by molar-refractivity contribution is -0.144. The highest BCUT2D eigenvalue weighted by atomic mass is 16.5. The smallest absolute Gasteiger partial charge is 0.333 e. The van der Waals surface area contributed by atoms with Crippen molar-refractivity contribution in [1.82, 2.24) is 0 Å². The molecule has 1 unspecified atom stereocenters. The first-order valence-electron chi connectivity index (χ1n) is 5.54. The van der Waals surface area contributed by atoms with E-state index in [1.165, 1.54) is 5.56 Å². The molecule has 1 aromatic carbocycles. The van der Waals surface area contributed by atoms with E-state index in [1.807, 2.05) is 37.3 Å². The predicted molar refractivity (Wildman–Crippen MR) is 65.1 cm³/mol. The summed E-state index contributed by atoms with van der Waals surface area (Å²) in [6.07, 6.45) is 1.51. The van der Waals surface area contributed by atoms with Crippen LogP contribution in [0.2, 0.25) is 0 Å². The minimum Gasteiger partial charge on any atom is -0.459 e. The third-order valence-electron chi connectivity index (χ3n) is 2.38. The lowest BCUT2D eigenvalue weighted by atomic mass is 10.1. The summed E-state index contributed by atoms with van der Waals surface area (Å²) in [4.78, 5) is 11.4. The zero-order chi connectivity index (χ0) is 12.0. The Balaban J connectivity index is 2.56. The number of rotatable bonds is 5. The Morgan fingerprint density at radius 3 is 2.50 bits per heavy atom. The number of carbonyl (C=O) groups is 1. The molecule has 0 heterocycles. The molecule has 0 saturated heterocycles. The molecule has 0 amide bonds. The van der Waals surface area contributed by atoms with Gasteiger partial charge < -0.3 is 4.74 Å². The molecule has 1 aromatic rings. The minimum absolute atomic E-state index is 0.0633. The van der Waals surface area contributed by atoms with Gasteiger partial charge in [-0.05, 0) is 18.9 Å². The molecule has 0 aliphatic carbocycles. The third kappa shape index (κ3) is 3.89. The van der Waals surface area contributed by atoms with Crippen molar-refractivity contribution in [3.63, 3.8) is 0 Å². The maximum atomic E-state index is 11.4. The van der Waals surface area contributed by atoms with Crippen molar-refractivity contribution in [2.24, 2.45) is 0 Å². The lowest BCUT2D eigenvalue weighted by Crippen LogP contribution is -2.20. The fourth-order valence-corrected chi connectivity index (χ4v) is 1.40. The monoisotopic (exact) mass is 218 g/mol. The fourth-order valence-electron chi connectivity index (χ4n) is 1.40. The first kappa shape index (κ1) is 12.5. The molecule has 1 rings (SSSR count). The fraction of sp³-hybridized carbons (Fsp3) is 0.357. The SMILES string of the molecule is C=C(C)C(=O)OC(CC)Cc1ccccc1. The third-order valence-corrected chi connectivity index (χ3v) is 2.38. The standard InChI is InChI=1S/C14H18O2/c1-4-13(16-14(15)11(2)3)10-12-8-6-5-7-9-12/h5-9,13H,2,4,10H2,1,3H3. The number of esters is 1. The second kappa shape index (κ2) is 6.11. The molecule has 0 radical (unpaired) electrons. The molecule has 0 spiro atoms. The van der Waals surface area contributed by atoms with Crippen LogP contribution in [0.4, 0.5) is 0 Å². The molecule has 0 aliphatic heterocycles. The molecule has 86 valence electrons. The highest BCUT2D eigenvalue weighted by Gasteiger charge is 2.13. The van der Waals surface area contributed by atoms with Gasteiger partial charge in [0.05, 0.1) is 0 Å². The van der Waals surface area contributed by atoms with E-state index in [0.717, 1.165) is 12.8 Å². The molecule has 16 heavy (non-hydrogen) atoms. The van der Waals surface area contributed by atoms with E-state index in [1.54, 1.807) is 6.92 Å². The van der Waals surface area contributed by atoms with Crippen molar-refractivity contribution in [1.29, 1.82) is 0 Å². The van der Waals surface area contributed by atoms with Crippen molar-refractivity contribution < 1.29 is 9.53 Å². The number of hydrogen-bond donors (Lipinski definition) is 0. The van der Waals surface area contributed by atoms with Crippen LogP contribution < -0.4 is 0 Å². The average molecular weight is 218 g/mol. The highest BCUT2D eigenvalue weighted by Crippen LogP contribution is 2.10. The first-order chi connectivity index (χ1) is 7.63. The van der Waals surface area contributed by atoms with Crippen LogP contribution in [0.1, 0.15) is 25.8 Å². The van der Waals surface area contributed by atoms with Gasteiger partial charge in [-0.25, -0.2) is 4.79 Å². The van der Waals surface area contributed by atoms with Gasteiger partial charge >= 0.3 is 5.97 Å². The van der Waals surface area contributed by atoms with E-state index in [-0.39, 0.29) is 12.1 Å². The Kier molecular flexibility index (Phi) is 4.77. The van der Waals surface area contributed by atoms with Crippen LogP contribution in [0.3, 0.4) is 0 Å². The Bertz CT molecular complexity index is 354. The minimum atomic E-state index is -0.303. The number of carbonyl (C=O) groups excluding carboxylic acids is 1. The van der Waals surface area contributed by atoms with Gasteiger partial charge in [-0.2, -0.15) is 0 Å². The molecule has 0 bridgehead atoms. The van der Waals surface area contributed by atoms with Crippen molar-refractivity contribution >= 4 is 5.97 Å². The normalized spacial score (nSPS) is 11.9. The van der Waals surface area contributed by atoms with Crippen LogP contribution >= 0.6 is 0 Å². The van der Waals surface area contributed by atoms with E-state index in [2.05, 4.69) is 6.58 Å². The molecule has 0 N–H and O–H groups in total. The molecule has 2 heteroatoms. The van der Waals surface area contributed by atoms with Crippen molar-refractivity contribution in [2.75, 3.05) is 0 Å². The van der Waals surface area contributed by atoms with Crippen LogP contribution in [-0.4, -0.2) is 12.1 Å². The van der Waals surface area contributed by atoms with E-state index in [9.17, 15) is 4.79 Å². The molecule has 2 nitrogen and oxygen atoms in total. The summed E-state index contributed by atoms with van der Waals surface area (Å²) < 4.78 is 5.33. The van der Waals surface area contributed by atoms with Crippen LogP contribution in [-0.2, 0) is 16.0 Å². The van der Waals surface area contributed by atoms with Crippen LogP contribution in [0.5, 0.6) is 0 Å². The Morgan fingerprint density at radius 1 is 1.38 bits per heavy atom. The summed E-state index contributed by atoms with van der Waals surface area (Å²) in [5.41, 5.74) is 1.63. The number of benzene rings is 1. The van der Waals surface area contributed by atoms with Gasteiger partial charge in [-0.1, -0.05) is 43.8 Å². The summed E-state index contributed by atoms with van der Waals surface area (Å²) in [6.45, 7) is 7.25. The average Bonchev–Trinajstić information content (AvgIpc) is 2.29. The zero-order valence-corrected chi connectivity index (χ0v) is 9.90. The van der Waals surface area contributed by atoms with Crippen LogP contribution in [0.25, 0.3) is 0 Å². The largest absolute Gasteiger partial charge is 0.459 e. The Hall–Kier alpha value is -1.57. The van der Waals surface area contributed by atoms with E-state index in [0.29, 0.717) is 5.57 Å². The number of ether oxygens (including phenoxy) is 1. The number of hydrogen-bond acceptors (Lipinski definition) is 2. The summed E-state index contributed by atoms with van der Waals surface area (Å²) in [5.74, 6) is -0.303. The van der Waals surface area contributed by atoms with E-state index >= 15 is 0 Å². The maximum absolute atomic E-state index is 11.4. The molecular formula is C14H18O2. The van der Waals surface area contributed by atoms with Crippen molar-refractivity contribution in [3.8, 4) is 0 Å². The van der Waals surface area contributed by atoms with Gasteiger partial charge in [0, 0.05) is 12.0 Å². The van der Waals surface area contributed by atoms with Gasteiger partial charge in [0.1, 0.15) is 6.10 Å². The summed E-state index contributed by atoms with van der Waals surface area (Å²) in [5, 5.41) is 0. The van der Waals surface area contributed by atoms with Crippen LogP contribution in [0.15, 0.2) is 42.5 Å². The van der Waals surface area contributed by atoms with Gasteiger partial charge in [0.25, 0.3) is 0 Å². The van der Waals surface area contributed by atoms with E-state index < -0.39 is 0 Å². The van der Waals surface area contributed by atoms with Crippen molar-refractivity contribution in [3.05, 3.63) is 48.0 Å². The topological polar surface area (TPSA) is 26.3 Å². The van der Waals surface area contributed by atoms with Gasteiger partial charge in [-0.15, -0.1) is 0 Å². The predicted octanol–water partition coefficient (Wildman–Crippen LogP) is 3.13. The highest BCUT2D eigenvalue weighted by molar-refractivity contribution is 5.87. The lowest BCUT2D eigenvalue weighted by Gasteiger charge is -2.16. The zero-order valence-electron chi connectivity index (χ0n) is 9.90. The first-order valence-corrected chi connectivity index (χ1v) is 5.54. The molecule has 1 atom stereocenters. The Labute approximate surface area is 96.9 Å². The molecule has 0 saturated carbocycles. The molecule has 0 aliphatic rings. The second-order valence-corrected chi connectivity index (χ2v) is 3.91. The quantitative estimate of drug-likeness (QED) is 0.560. The summed E-state index contributed by atoms with van der Waals surface area (Å²) in [7, 11) is 0. The van der Waals surface area contributed by atoms with E-state index in [4.69, 9.17) is 4.74 Å². The molecular weight excluding hydrogens is 200 g/mol. The van der Waals surface area contributed by atoms with Crippen molar-refractivity contribution in [2.45, 2.75) is 32.8 Å². The maximum Gasteiger partial charge on any atom is 0.333 e. The summed E-state index contributed by atoms with van der Waals surface area (Å²) in [6, 6.07) is 10.0. The Morgan fingerprint density at radius 2 is 2.00 bits per heavy atom. The van der Waals surface area contributed by atoms with Gasteiger partial charge in [0.15, 0.2) is 0 Å². The van der Waals surface area contributed by atoms with Gasteiger partial charge in [0.2, 0.25) is 0 Å². The van der Waals surface area contributed by atoms with Crippen LogP contribution in [0, 0.1) is 0 Å². The molecule has 0 fully saturated rings. The summed E-state index contributed by atoms with van der Waals surface area (Å²) >= 11 is 0. The second-order valence-electron chi connectivity index (χ2n) is 3.91.